The quantitative estimate of drug-likeness (QED) is 0.126. The first-order chi connectivity index (χ1) is 15.0. The fraction of sp³-hybridized carbons (Fsp3) is 0.926. The fourth-order valence-corrected chi connectivity index (χ4v) is 3.63. The van der Waals surface area contributed by atoms with Crippen molar-refractivity contribution in [2.45, 2.75) is 149 Å². The number of hydrogen-bond acceptors (Lipinski definition) is 4. The van der Waals surface area contributed by atoms with E-state index in [-0.39, 0.29) is 18.0 Å². The fourth-order valence-electron chi connectivity index (χ4n) is 3.63. The van der Waals surface area contributed by atoms with Gasteiger partial charge in [-0.25, -0.2) is 0 Å². The number of ether oxygens (including phenoxy) is 2. The molecule has 0 N–H and O–H groups in total. The van der Waals surface area contributed by atoms with E-state index in [9.17, 15) is 9.59 Å². The van der Waals surface area contributed by atoms with Crippen LogP contribution < -0.4 is 0 Å². The minimum atomic E-state index is -0.123. The maximum absolute atomic E-state index is 11.8. The van der Waals surface area contributed by atoms with Crippen LogP contribution in [0.1, 0.15) is 143 Å². The van der Waals surface area contributed by atoms with Crippen molar-refractivity contribution in [1.82, 2.24) is 0 Å². The smallest absolute Gasteiger partial charge is 0.306 e. The second kappa shape index (κ2) is 22.1. The zero-order valence-corrected chi connectivity index (χ0v) is 21.2. The van der Waals surface area contributed by atoms with Gasteiger partial charge in [-0.15, -0.1) is 0 Å². The number of rotatable bonds is 22. The minimum absolute atomic E-state index is 0.0206. The molecule has 0 aliphatic rings. The molecule has 0 bridgehead atoms. The van der Waals surface area contributed by atoms with Gasteiger partial charge in [0.05, 0.1) is 6.61 Å². The maximum Gasteiger partial charge on any atom is 0.306 e. The maximum atomic E-state index is 11.8. The van der Waals surface area contributed by atoms with Gasteiger partial charge in [-0.05, 0) is 32.1 Å². The molecule has 0 aliphatic heterocycles. The lowest BCUT2D eigenvalue weighted by Gasteiger charge is -2.18. The molecule has 0 saturated heterocycles. The first kappa shape index (κ1) is 29.9. The molecule has 0 aromatic rings. The van der Waals surface area contributed by atoms with Crippen molar-refractivity contribution >= 4 is 11.9 Å². The Balaban J connectivity index is 3.36. The molecule has 4 nitrogen and oxygen atoms in total. The Morgan fingerprint density at radius 3 is 1.58 bits per heavy atom. The lowest BCUT2D eigenvalue weighted by molar-refractivity contribution is -0.150. The van der Waals surface area contributed by atoms with Crippen LogP contribution in [0.15, 0.2) is 0 Å². The molecule has 0 aliphatic carbocycles. The third kappa shape index (κ3) is 20.6. The summed E-state index contributed by atoms with van der Waals surface area (Å²) in [6, 6.07) is 0. The molecule has 0 spiro atoms. The Hall–Kier alpha value is -1.06. The summed E-state index contributed by atoms with van der Waals surface area (Å²) in [4.78, 5) is 23.6. The van der Waals surface area contributed by atoms with Crippen LogP contribution in [0.5, 0.6) is 0 Å². The molecule has 2 unspecified atom stereocenters. The number of esters is 2. The van der Waals surface area contributed by atoms with E-state index in [0.29, 0.717) is 25.4 Å². The molecule has 0 aromatic heterocycles. The Morgan fingerprint density at radius 2 is 1.06 bits per heavy atom. The molecule has 0 aromatic carbocycles. The monoisotopic (exact) mass is 440 g/mol. The lowest BCUT2D eigenvalue weighted by atomic mass is 10.0. The predicted molar refractivity (Wildman–Crippen MR) is 130 cm³/mol. The lowest BCUT2D eigenvalue weighted by Crippen LogP contribution is -2.21. The van der Waals surface area contributed by atoms with Gasteiger partial charge in [0.25, 0.3) is 0 Å². The highest BCUT2D eigenvalue weighted by Gasteiger charge is 2.14. The summed E-state index contributed by atoms with van der Waals surface area (Å²) in [5.74, 6) is 0.169. The Morgan fingerprint density at radius 1 is 0.613 bits per heavy atom. The molecule has 0 radical (unpaired) electrons. The van der Waals surface area contributed by atoms with Gasteiger partial charge in [0.15, 0.2) is 0 Å². The Kier molecular flexibility index (Phi) is 21.4. The second-order valence-electron chi connectivity index (χ2n) is 9.25. The standard InChI is InChI=1S/C27H52O4/c1-5-7-8-9-10-11-12-13-14-15-16-20-23-30-26(28)21-18-17-19-22-27(29)31-25(4)24(3)6-2/h24-25H,5-23H2,1-4H3. The van der Waals surface area contributed by atoms with Gasteiger partial charge < -0.3 is 9.47 Å². The van der Waals surface area contributed by atoms with E-state index >= 15 is 0 Å². The molecule has 4 heteroatoms. The van der Waals surface area contributed by atoms with Crippen molar-refractivity contribution < 1.29 is 19.1 Å². The van der Waals surface area contributed by atoms with E-state index in [1.165, 1.54) is 64.2 Å². The molecule has 0 rings (SSSR count). The molecular formula is C27H52O4. The first-order valence-corrected chi connectivity index (χ1v) is 13.4. The second-order valence-corrected chi connectivity index (χ2v) is 9.25. The van der Waals surface area contributed by atoms with Gasteiger partial charge >= 0.3 is 11.9 Å². The van der Waals surface area contributed by atoms with Gasteiger partial charge in [0, 0.05) is 12.8 Å². The normalized spacial score (nSPS) is 13.0. The molecule has 0 saturated carbocycles. The molecule has 0 fully saturated rings. The largest absolute Gasteiger partial charge is 0.466 e. The molecule has 2 atom stereocenters. The molecule has 31 heavy (non-hydrogen) atoms. The van der Waals surface area contributed by atoms with Crippen LogP contribution in [0.25, 0.3) is 0 Å². The van der Waals surface area contributed by atoms with Crippen LogP contribution in [-0.2, 0) is 19.1 Å². The van der Waals surface area contributed by atoms with Gasteiger partial charge in [-0.1, -0.05) is 104 Å². The molecular weight excluding hydrogens is 388 g/mol. The highest BCUT2D eigenvalue weighted by Crippen LogP contribution is 2.14. The first-order valence-electron chi connectivity index (χ1n) is 13.4. The minimum Gasteiger partial charge on any atom is -0.466 e. The number of carbonyl (C=O) groups is 2. The average molecular weight is 441 g/mol. The van der Waals surface area contributed by atoms with Crippen molar-refractivity contribution in [2.75, 3.05) is 6.61 Å². The van der Waals surface area contributed by atoms with Gasteiger partial charge in [-0.3, -0.25) is 9.59 Å². The van der Waals surface area contributed by atoms with Crippen LogP contribution in [0.3, 0.4) is 0 Å². The zero-order valence-electron chi connectivity index (χ0n) is 21.2. The van der Waals surface area contributed by atoms with Crippen LogP contribution in [0.2, 0.25) is 0 Å². The van der Waals surface area contributed by atoms with Crippen molar-refractivity contribution in [2.24, 2.45) is 5.92 Å². The number of unbranched alkanes of at least 4 members (excludes halogenated alkanes) is 13. The summed E-state index contributed by atoms with van der Waals surface area (Å²) in [6.45, 7) is 8.97. The molecule has 0 amide bonds. The van der Waals surface area contributed by atoms with Crippen molar-refractivity contribution in [3.63, 3.8) is 0 Å². The van der Waals surface area contributed by atoms with E-state index < -0.39 is 0 Å². The Bertz CT molecular complexity index is 421. The van der Waals surface area contributed by atoms with Crippen LogP contribution in [-0.4, -0.2) is 24.6 Å². The van der Waals surface area contributed by atoms with E-state index in [4.69, 9.17) is 9.47 Å². The highest BCUT2D eigenvalue weighted by molar-refractivity contribution is 5.70. The van der Waals surface area contributed by atoms with Crippen molar-refractivity contribution in [3.05, 3.63) is 0 Å². The summed E-state index contributed by atoms with van der Waals surface area (Å²) in [5, 5.41) is 0. The number of hydrogen-bond donors (Lipinski definition) is 0. The zero-order chi connectivity index (χ0) is 23.2. The Labute approximate surface area is 193 Å². The van der Waals surface area contributed by atoms with E-state index in [2.05, 4.69) is 20.8 Å². The van der Waals surface area contributed by atoms with Crippen LogP contribution in [0.4, 0.5) is 0 Å². The van der Waals surface area contributed by atoms with Gasteiger partial charge in [0.2, 0.25) is 0 Å². The summed E-state index contributed by atoms with van der Waals surface area (Å²) in [6.07, 6.45) is 20.0. The van der Waals surface area contributed by atoms with E-state index in [1.54, 1.807) is 0 Å². The summed E-state index contributed by atoms with van der Waals surface area (Å²) in [5.41, 5.74) is 0. The van der Waals surface area contributed by atoms with Crippen LogP contribution in [0, 0.1) is 5.92 Å². The van der Waals surface area contributed by atoms with Gasteiger partial charge in [-0.2, -0.15) is 0 Å². The SMILES string of the molecule is CCCCCCCCCCCCCCOC(=O)CCCCCC(=O)OC(C)C(C)CC. The summed E-state index contributed by atoms with van der Waals surface area (Å²) in [7, 11) is 0. The van der Waals surface area contributed by atoms with Gasteiger partial charge in [0.1, 0.15) is 6.10 Å². The summed E-state index contributed by atoms with van der Waals surface area (Å²) >= 11 is 0. The van der Waals surface area contributed by atoms with Crippen molar-refractivity contribution in [1.29, 1.82) is 0 Å². The third-order valence-corrected chi connectivity index (χ3v) is 6.29. The molecule has 184 valence electrons. The van der Waals surface area contributed by atoms with Crippen LogP contribution >= 0.6 is 0 Å². The average Bonchev–Trinajstić information content (AvgIpc) is 2.76. The van der Waals surface area contributed by atoms with E-state index in [0.717, 1.165) is 38.5 Å². The predicted octanol–water partition coefficient (Wildman–Crippen LogP) is 8.16. The topological polar surface area (TPSA) is 52.6 Å². The third-order valence-electron chi connectivity index (χ3n) is 6.29. The number of carbonyl (C=O) groups excluding carboxylic acids is 2. The highest BCUT2D eigenvalue weighted by atomic mass is 16.5. The summed E-state index contributed by atoms with van der Waals surface area (Å²) < 4.78 is 10.8. The van der Waals surface area contributed by atoms with Crippen molar-refractivity contribution in [3.8, 4) is 0 Å². The molecule has 0 heterocycles. The van der Waals surface area contributed by atoms with E-state index in [1.807, 2.05) is 6.92 Å².